The smallest absolute Gasteiger partial charge is 0.0890 e. The standard InChI is InChI=1S/C27H44N2/c1-5-8-11-13-18-23(19-14-12-9-6-2)27-26(22(4)17-10-7-3)28-24-20-15-16-21-25(24)29-27/h15-16,20-23H,5-14,17-19H2,1-4H3. The molecule has 2 nitrogen and oxygen atoms in total. The third-order valence-corrected chi connectivity index (χ3v) is 6.28. The van der Waals surface area contributed by atoms with Gasteiger partial charge in [-0.2, -0.15) is 0 Å². The first-order valence-corrected chi connectivity index (χ1v) is 12.5. The molecule has 1 heterocycles. The van der Waals surface area contributed by atoms with Crippen molar-refractivity contribution in [3.63, 3.8) is 0 Å². The molecule has 0 saturated heterocycles. The van der Waals surface area contributed by atoms with Crippen LogP contribution in [0.15, 0.2) is 24.3 Å². The fourth-order valence-corrected chi connectivity index (χ4v) is 4.39. The van der Waals surface area contributed by atoms with Gasteiger partial charge in [0, 0.05) is 11.8 Å². The Morgan fingerprint density at radius 3 is 1.66 bits per heavy atom. The van der Waals surface area contributed by atoms with Crippen molar-refractivity contribution in [2.45, 2.75) is 123 Å². The van der Waals surface area contributed by atoms with Crippen LogP contribution in [0.5, 0.6) is 0 Å². The summed E-state index contributed by atoms with van der Waals surface area (Å²) in [5.41, 5.74) is 4.74. The van der Waals surface area contributed by atoms with Gasteiger partial charge in [0.15, 0.2) is 0 Å². The van der Waals surface area contributed by atoms with E-state index in [1.165, 1.54) is 94.9 Å². The lowest BCUT2D eigenvalue weighted by Gasteiger charge is -2.23. The Hall–Kier alpha value is -1.44. The van der Waals surface area contributed by atoms with Crippen molar-refractivity contribution >= 4 is 11.0 Å². The van der Waals surface area contributed by atoms with E-state index in [0.717, 1.165) is 11.0 Å². The maximum absolute atomic E-state index is 5.24. The van der Waals surface area contributed by atoms with Crippen LogP contribution in [0.4, 0.5) is 0 Å². The van der Waals surface area contributed by atoms with Gasteiger partial charge in [-0.05, 0) is 31.4 Å². The predicted octanol–water partition coefficient (Wildman–Crippen LogP) is 8.95. The van der Waals surface area contributed by atoms with Crippen molar-refractivity contribution in [2.75, 3.05) is 0 Å². The Morgan fingerprint density at radius 1 is 0.621 bits per heavy atom. The van der Waals surface area contributed by atoms with Gasteiger partial charge in [-0.15, -0.1) is 0 Å². The molecule has 2 rings (SSSR count). The number of hydrogen-bond acceptors (Lipinski definition) is 2. The highest BCUT2D eigenvalue weighted by atomic mass is 14.8. The van der Waals surface area contributed by atoms with Gasteiger partial charge in [0.05, 0.1) is 22.4 Å². The molecule has 29 heavy (non-hydrogen) atoms. The van der Waals surface area contributed by atoms with E-state index in [9.17, 15) is 0 Å². The minimum absolute atomic E-state index is 0.496. The van der Waals surface area contributed by atoms with Crippen molar-refractivity contribution < 1.29 is 0 Å². The summed E-state index contributed by atoms with van der Waals surface area (Å²) in [5.74, 6) is 1.07. The second-order valence-corrected chi connectivity index (χ2v) is 8.92. The van der Waals surface area contributed by atoms with Gasteiger partial charge in [0.1, 0.15) is 0 Å². The highest BCUT2D eigenvalue weighted by molar-refractivity contribution is 5.74. The van der Waals surface area contributed by atoms with Crippen molar-refractivity contribution in [1.82, 2.24) is 9.97 Å². The molecule has 1 unspecified atom stereocenters. The lowest BCUT2D eigenvalue weighted by molar-refractivity contribution is 0.479. The first-order valence-electron chi connectivity index (χ1n) is 12.5. The second kappa shape index (κ2) is 13.7. The molecule has 0 amide bonds. The summed E-state index contributed by atoms with van der Waals surface area (Å²) in [6, 6.07) is 8.44. The van der Waals surface area contributed by atoms with Gasteiger partial charge in [-0.25, -0.2) is 9.97 Å². The monoisotopic (exact) mass is 396 g/mol. The summed E-state index contributed by atoms with van der Waals surface area (Å²) in [5, 5.41) is 0. The van der Waals surface area contributed by atoms with E-state index in [1.54, 1.807) is 0 Å². The molecule has 0 fully saturated rings. The molecule has 0 aliphatic rings. The fraction of sp³-hybridized carbons (Fsp3) is 0.704. The van der Waals surface area contributed by atoms with Gasteiger partial charge < -0.3 is 0 Å². The molecule has 1 aromatic carbocycles. The van der Waals surface area contributed by atoms with E-state index in [-0.39, 0.29) is 0 Å². The lowest BCUT2D eigenvalue weighted by Crippen LogP contribution is -2.12. The summed E-state index contributed by atoms with van der Waals surface area (Å²) < 4.78 is 0. The van der Waals surface area contributed by atoms with Crippen LogP contribution in [0.25, 0.3) is 11.0 Å². The van der Waals surface area contributed by atoms with Crippen LogP contribution in [-0.4, -0.2) is 9.97 Å². The molecule has 1 atom stereocenters. The van der Waals surface area contributed by atoms with E-state index in [0.29, 0.717) is 11.8 Å². The Bertz CT molecular complexity index is 682. The van der Waals surface area contributed by atoms with Crippen LogP contribution >= 0.6 is 0 Å². The Balaban J connectivity index is 2.31. The first-order chi connectivity index (χ1) is 14.2. The number of rotatable bonds is 15. The summed E-state index contributed by atoms with van der Waals surface area (Å²) >= 11 is 0. The highest BCUT2D eigenvalue weighted by Gasteiger charge is 2.22. The van der Waals surface area contributed by atoms with Crippen molar-refractivity contribution in [1.29, 1.82) is 0 Å². The molecule has 1 aromatic heterocycles. The molecule has 0 bridgehead atoms. The molecule has 0 spiro atoms. The maximum Gasteiger partial charge on any atom is 0.0890 e. The van der Waals surface area contributed by atoms with Gasteiger partial charge in [-0.1, -0.05) is 104 Å². The van der Waals surface area contributed by atoms with Crippen LogP contribution in [0, 0.1) is 0 Å². The van der Waals surface area contributed by atoms with Crippen LogP contribution < -0.4 is 0 Å². The molecule has 0 radical (unpaired) electrons. The number of para-hydroxylation sites is 2. The third-order valence-electron chi connectivity index (χ3n) is 6.28. The number of hydrogen-bond donors (Lipinski definition) is 0. The highest BCUT2D eigenvalue weighted by Crippen LogP contribution is 2.34. The second-order valence-electron chi connectivity index (χ2n) is 8.92. The van der Waals surface area contributed by atoms with Gasteiger partial charge in [-0.3, -0.25) is 0 Å². The minimum Gasteiger partial charge on any atom is -0.249 e. The van der Waals surface area contributed by atoms with Crippen molar-refractivity contribution in [3.8, 4) is 0 Å². The van der Waals surface area contributed by atoms with Crippen LogP contribution in [0.1, 0.15) is 134 Å². The molecule has 0 aliphatic heterocycles. The summed E-state index contributed by atoms with van der Waals surface area (Å²) in [4.78, 5) is 10.4. The zero-order chi connectivity index (χ0) is 20.9. The average Bonchev–Trinajstić information content (AvgIpc) is 2.75. The first kappa shape index (κ1) is 23.8. The Kier molecular flexibility index (Phi) is 11.3. The van der Waals surface area contributed by atoms with Crippen LogP contribution in [-0.2, 0) is 0 Å². The van der Waals surface area contributed by atoms with E-state index >= 15 is 0 Å². The Morgan fingerprint density at radius 2 is 1.14 bits per heavy atom. The zero-order valence-electron chi connectivity index (χ0n) is 19.6. The molecule has 0 N–H and O–H groups in total. The summed E-state index contributed by atoms with van der Waals surface area (Å²) in [6.45, 7) is 9.24. The third kappa shape index (κ3) is 7.72. The van der Waals surface area contributed by atoms with Gasteiger partial charge in [0.25, 0.3) is 0 Å². The molecule has 0 aliphatic carbocycles. The predicted molar refractivity (Wildman–Crippen MR) is 128 cm³/mol. The number of benzene rings is 1. The van der Waals surface area contributed by atoms with Gasteiger partial charge in [0.2, 0.25) is 0 Å². The van der Waals surface area contributed by atoms with Gasteiger partial charge >= 0.3 is 0 Å². The molecule has 2 aromatic rings. The number of aromatic nitrogens is 2. The quantitative estimate of drug-likeness (QED) is 0.281. The van der Waals surface area contributed by atoms with E-state index in [1.807, 2.05) is 0 Å². The minimum atomic E-state index is 0.496. The van der Waals surface area contributed by atoms with Crippen molar-refractivity contribution in [3.05, 3.63) is 35.7 Å². The molecular formula is C27H44N2. The molecular weight excluding hydrogens is 352 g/mol. The van der Waals surface area contributed by atoms with Crippen LogP contribution in [0.3, 0.4) is 0 Å². The van der Waals surface area contributed by atoms with E-state index in [2.05, 4.69) is 52.0 Å². The largest absolute Gasteiger partial charge is 0.249 e. The topological polar surface area (TPSA) is 25.8 Å². The fourth-order valence-electron chi connectivity index (χ4n) is 4.39. The van der Waals surface area contributed by atoms with E-state index < -0.39 is 0 Å². The SMILES string of the molecule is CCCCCCC(CCCCCC)c1nc2ccccc2nc1C(C)CCCC. The number of nitrogens with zero attached hydrogens (tertiary/aromatic N) is 2. The molecule has 162 valence electrons. The summed E-state index contributed by atoms with van der Waals surface area (Å²) in [6.07, 6.45) is 16.9. The van der Waals surface area contributed by atoms with Crippen LogP contribution in [0.2, 0.25) is 0 Å². The van der Waals surface area contributed by atoms with E-state index in [4.69, 9.17) is 9.97 Å². The zero-order valence-corrected chi connectivity index (χ0v) is 19.6. The number of unbranched alkanes of at least 4 members (excludes halogenated alkanes) is 7. The lowest BCUT2D eigenvalue weighted by atomic mass is 9.86. The number of fused-ring (bicyclic) bond motifs is 1. The maximum atomic E-state index is 5.24. The normalized spacial score (nSPS) is 12.7. The summed E-state index contributed by atoms with van der Waals surface area (Å²) in [7, 11) is 0. The average molecular weight is 397 g/mol. The van der Waals surface area contributed by atoms with Crippen molar-refractivity contribution in [2.24, 2.45) is 0 Å². The molecule has 2 heteroatoms. The molecule has 0 saturated carbocycles. The Labute approximate surface area is 179 Å².